The first kappa shape index (κ1) is 15.3. The lowest BCUT2D eigenvalue weighted by atomic mass is 10.4. The molecule has 96 valence electrons. The number of rotatable bonds is 4. The van der Waals surface area contributed by atoms with Crippen LogP contribution in [0.15, 0.2) is 35.2 Å². The molecule has 0 aliphatic rings. The van der Waals surface area contributed by atoms with E-state index in [9.17, 15) is 8.42 Å². The van der Waals surface area contributed by atoms with Gasteiger partial charge in [-0.1, -0.05) is 53.0 Å². The molecule has 3 nitrogen and oxygen atoms in total. The Kier molecular flexibility index (Phi) is 5.38. The molecule has 0 radical (unpaired) electrons. The van der Waals surface area contributed by atoms with Gasteiger partial charge >= 0.3 is 0 Å². The lowest BCUT2D eigenvalue weighted by Gasteiger charge is -2.18. The fourth-order valence-electron chi connectivity index (χ4n) is 0.982. The molecule has 0 bridgehead atoms. The fourth-order valence-corrected chi connectivity index (χ4v) is 2.45. The van der Waals surface area contributed by atoms with Crippen LogP contribution in [0.1, 0.15) is 0 Å². The van der Waals surface area contributed by atoms with Gasteiger partial charge < -0.3 is 0 Å². The Bertz CT molecular complexity index is 458. The van der Waals surface area contributed by atoms with E-state index in [0.29, 0.717) is 0 Å². The Morgan fingerprint density at radius 3 is 2.18 bits per heavy atom. The lowest BCUT2D eigenvalue weighted by Crippen LogP contribution is -2.35. The van der Waals surface area contributed by atoms with Crippen LogP contribution in [0, 0.1) is 0 Å². The Hall–Kier alpha value is 0.290. The van der Waals surface area contributed by atoms with Crippen molar-refractivity contribution in [3.8, 4) is 0 Å². The smallest absolute Gasteiger partial charge is 0.210 e. The predicted molar refractivity (Wildman–Crippen MR) is 71.6 cm³/mol. The average molecular weight is 337 g/mol. The largest absolute Gasteiger partial charge is 0.240 e. The summed E-state index contributed by atoms with van der Waals surface area (Å²) in [5, 5.41) is -0.953. The maximum absolute atomic E-state index is 11.8. The van der Waals surface area contributed by atoms with E-state index in [1.54, 1.807) is 18.2 Å². The van der Waals surface area contributed by atoms with Gasteiger partial charge in [0.15, 0.2) is 0 Å². The highest BCUT2D eigenvalue weighted by atomic mass is 35.6. The Labute approximate surface area is 120 Å². The molecule has 0 fully saturated rings. The highest BCUT2D eigenvalue weighted by molar-refractivity contribution is 7.89. The zero-order valence-electron chi connectivity index (χ0n) is 8.41. The van der Waals surface area contributed by atoms with Gasteiger partial charge in [0.2, 0.25) is 13.8 Å². The first-order valence-electron chi connectivity index (χ1n) is 4.49. The van der Waals surface area contributed by atoms with Gasteiger partial charge in [0, 0.05) is 6.54 Å². The van der Waals surface area contributed by atoms with Gasteiger partial charge in [-0.2, -0.15) is 0 Å². The van der Waals surface area contributed by atoms with Crippen LogP contribution in [0.5, 0.6) is 0 Å². The molecule has 1 aromatic carbocycles. The number of benzene rings is 1. The van der Waals surface area contributed by atoms with Crippen molar-refractivity contribution in [1.29, 1.82) is 0 Å². The molecular weight excluding hydrogens is 328 g/mol. The van der Waals surface area contributed by atoms with Crippen LogP contribution in [-0.4, -0.2) is 24.1 Å². The minimum atomic E-state index is -3.63. The van der Waals surface area contributed by atoms with Crippen LogP contribution in [-0.2, 0) is 10.0 Å². The number of hydrogen-bond donors (Lipinski definition) is 1. The van der Waals surface area contributed by atoms with Gasteiger partial charge in [0.05, 0.1) is 10.3 Å². The first-order chi connectivity index (χ1) is 7.73. The summed E-state index contributed by atoms with van der Waals surface area (Å²) in [7, 11) is -3.63. The van der Waals surface area contributed by atoms with E-state index >= 15 is 0 Å². The lowest BCUT2D eigenvalue weighted by molar-refractivity contribution is 0.580. The molecule has 0 amide bonds. The second kappa shape index (κ2) is 5.95. The van der Waals surface area contributed by atoms with E-state index in [2.05, 4.69) is 4.72 Å². The third kappa shape index (κ3) is 4.81. The fraction of sp³-hybridized carbons (Fsp3) is 0.333. The molecule has 8 heteroatoms. The molecule has 1 unspecified atom stereocenters. The van der Waals surface area contributed by atoms with E-state index in [4.69, 9.17) is 46.4 Å². The molecule has 0 saturated heterocycles. The van der Waals surface area contributed by atoms with Gasteiger partial charge in [0.25, 0.3) is 0 Å². The third-order valence-corrected chi connectivity index (χ3v) is 4.91. The molecule has 0 aliphatic heterocycles. The molecule has 0 spiro atoms. The average Bonchev–Trinajstić information content (AvgIpc) is 2.26. The van der Waals surface area contributed by atoms with Crippen molar-refractivity contribution in [2.75, 3.05) is 6.54 Å². The number of nitrogens with one attached hydrogen (secondary N) is 1. The van der Waals surface area contributed by atoms with Gasteiger partial charge in [-0.25, -0.2) is 13.1 Å². The molecule has 1 N–H and O–H groups in total. The Balaban J connectivity index is 2.70. The SMILES string of the molecule is O=S(=O)(NCC(Cl)C(Cl)(Cl)Cl)c1ccccc1. The van der Waals surface area contributed by atoms with Gasteiger partial charge in [-0.15, -0.1) is 11.6 Å². The molecular formula is C9H9Cl4NO2S. The molecule has 17 heavy (non-hydrogen) atoms. The zero-order valence-corrected chi connectivity index (χ0v) is 12.2. The van der Waals surface area contributed by atoms with E-state index in [1.807, 2.05) is 0 Å². The van der Waals surface area contributed by atoms with Crippen LogP contribution < -0.4 is 4.72 Å². The Morgan fingerprint density at radius 1 is 1.18 bits per heavy atom. The van der Waals surface area contributed by atoms with E-state index < -0.39 is 19.2 Å². The predicted octanol–water partition coefficient (Wildman–Crippen LogP) is 2.94. The summed E-state index contributed by atoms with van der Waals surface area (Å²) in [4.78, 5) is 0.133. The summed E-state index contributed by atoms with van der Waals surface area (Å²) in [5.41, 5.74) is 0. The quantitative estimate of drug-likeness (QED) is 0.859. The van der Waals surface area contributed by atoms with Gasteiger partial charge in [-0.3, -0.25) is 0 Å². The molecule has 1 aromatic rings. The summed E-state index contributed by atoms with van der Waals surface area (Å²) in [6, 6.07) is 7.86. The molecule has 0 heterocycles. The summed E-state index contributed by atoms with van der Waals surface area (Å²) in [6.45, 7) is -0.171. The summed E-state index contributed by atoms with van der Waals surface area (Å²) >= 11 is 22.3. The van der Waals surface area contributed by atoms with Crippen molar-refractivity contribution < 1.29 is 8.42 Å². The van der Waals surface area contributed by atoms with Crippen LogP contribution in [0.4, 0.5) is 0 Å². The summed E-state index contributed by atoms with van der Waals surface area (Å²) in [6.07, 6.45) is 0. The second-order valence-electron chi connectivity index (χ2n) is 3.17. The first-order valence-corrected chi connectivity index (χ1v) is 7.54. The molecule has 0 saturated carbocycles. The van der Waals surface area contributed by atoms with Crippen molar-refractivity contribution in [1.82, 2.24) is 4.72 Å². The molecule has 0 aromatic heterocycles. The van der Waals surface area contributed by atoms with E-state index in [0.717, 1.165) is 0 Å². The monoisotopic (exact) mass is 335 g/mol. The van der Waals surface area contributed by atoms with E-state index in [-0.39, 0.29) is 11.4 Å². The third-order valence-electron chi connectivity index (χ3n) is 1.86. The van der Waals surface area contributed by atoms with Crippen LogP contribution in [0.3, 0.4) is 0 Å². The molecule has 1 rings (SSSR count). The minimum absolute atomic E-state index is 0.133. The van der Waals surface area contributed by atoms with Crippen LogP contribution >= 0.6 is 46.4 Å². The summed E-state index contributed by atoms with van der Waals surface area (Å²) < 4.78 is 24.1. The van der Waals surface area contributed by atoms with Crippen molar-refractivity contribution in [3.05, 3.63) is 30.3 Å². The topological polar surface area (TPSA) is 46.2 Å². The number of hydrogen-bond acceptors (Lipinski definition) is 2. The maximum Gasteiger partial charge on any atom is 0.240 e. The highest BCUT2D eigenvalue weighted by Crippen LogP contribution is 2.33. The van der Waals surface area contributed by atoms with Crippen molar-refractivity contribution in [2.45, 2.75) is 14.1 Å². The van der Waals surface area contributed by atoms with Crippen LogP contribution in [0.25, 0.3) is 0 Å². The highest BCUT2D eigenvalue weighted by Gasteiger charge is 2.31. The zero-order chi connectivity index (χ0) is 13.1. The standard InChI is InChI=1S/C9H9Cl4NO2S/c10-8(9(11,12)13)6-14-17(15,16)7-4-2-1-3-5-7/h1-5,8,14H,6H2. The van der Waals surface area contributed by atoms with Crippen molar-refractivity contribution in [2.24, 2.45) is 0 Å². The number of halogens is 4. The van der Waals surface area contributed by atoms with Crippen molar-refractivity contribution >= 4 is 56.4 Å². The summed E-state index contributed by atoms with van der Waals surface area (Å²) in [5.74, 6) is 0. The second-order valence-corrected chi connectivity index (χ2v) is 7.84. The normalized spacial score (nSPS) is 14.6. The Morgan fingerprint density at radius 2 is 1.71 bits per heavy atom. The van der Waals surface area contributed by atoms with Crippen LogP contribution in [0.2, 0.25) is 0 Å². The maximum atomic E-state index is 11.8. The van der Waals surface area contributed by atoms with Gasteiger partial charge in [-0.05, 0) is 12.1 Å². The van der Waals surface area contributed by atoms with Crippen molar-refractivity contribution in [3.63, 3.8) is 0 Å². The molecule has 1 atom stereocenters. The molecule has 0 aliphatic carbocycles. The number of alkyl halides is 4. The minimum Gasteiger partial charge on any atom is -0.210 e. The van der Waals surface area contributed by atoms with E-state index in [1.165, 1.54) is 12.1 Å². The number of sulfonamides is 1. The van der Waals surface area contributed by atoms with Gasteiger partial charge in [0.1, 0.15) is 0 Å².